The molecule has 0 saturated heterocycles. The van der Waals surface area contributed by atoms with Crippen molar-refractivity contribution in [3.8, 4) is 0 Å². The van der Waals surface area contributed by atoms with Gasteiger partial charge in [-0.05, 0) is 18.8 Å². The lowest BCUT2D eigenvalue weighted by Crippen LogP contribution is -2.01. The Kier molecular flexibility index (Phi) is 3.79. The van der Waals surface area contributed by atoms with Crippen LogP contribution in [0.4, 0.5) is 0 Å². The zero-order valence-corrected chi connectivity index (χ0v) is 9.61. The molecule has 1 aliphatic carbocycles. The lowest BCUT2D eigenvalue weighted by Gasteiger charge is -1.99. The van der Waals surface area contributed by atoms with Crippen LogP contribution in [0.5, 0.6) is 0 Å². The van der Waals surface area contributed by atoms with Crippen molar-refractivity contribution in [3.63, 3.8) is 0 Å². The van der Waals surface area contributed by atoms with Gasteiger partial charge in [-0.15, -0.1) is 22.9 Å². The van der Waals surface area contributed by atoms with E-state index in [0.717, 1.165) is 36.3 Å². The Hall–Kier alpha value is -0.120. The molecular formula is C10H14ClNOS. The van der Waals surface area contributed by atoms with E-state index < -0.39 is 0 Å². The first-order chi connectivity index (χ1) is 6.88. The van der Waals surface area contributed by atoms with Gasteiger partial charge in [0.2, 0.25) is 0 Å². The Morgan fingerprint density at radius 1 is 1.57 bits per heavy atom. The van der Waals surface area contributed by atoms with Crippen LogP contribution in [0.2, 0.25) is 0 Å². The second-order valence-electron chi connectivity index (χ2n) is 3.63. The molecule has 1 saturated carbocycles. The Morgan fingerprint density at radius 3 is 3.07 bits per heavy atom. The van der Waals surface area contributed by atoms with Crippen LogP contribution in [0.3, 0.4) is 0 Å². The number of aromatic nitrogens is 1. The third-order valence-electron chi connectivity index (χ3n) is 2.25. The Bertz CT molecular complexity index is 285. The van der Waals surface area contributed by atoms with Gasteiger partial charge in [0.05, 0.1) is 23.2 Å². The highest BCUT2D eigenvalue weighted by Gasteiger charge is 2.20. The van der Waals surface area contributed by atoms with Crippen LogP contribution in [0.25, 0.3) is 0 Å². The first-order valence-corrected chi connectivity index (χ1v) is 6.37. The van der Waals surface area contributed by atoms with Crippen LogP contribution in [0.1, 0.15) is 23.5 Å². The Morgan fingerprint density at radius 2 is 2.43 bits per heavy atom. The van der Waals surface area contributed by atoms with Gasteiger partial charge >= 0.3 is 0 Å². The number of rotatable bonds is 6. The molecule has 1 aliphatic rings. The maximum atomic E-state index is 5.66. The summed E-state index contributed by atoms with van der Waals surface area (Å²) in [6.45, 7) is 1.74. The maximum absolute atomic E-state index is 5.66. The van der Waals surface area contributed by atoms with Gasteiger partial charge in [0, 0.05) is 18.4 Å². The molecule has 0 aliphatic heterocycles. The van der Waals surface area contributed by atoms with Gasteiger partial charge in [-0.3, -0.25) is 0 Å². The predicted octanol–water partition coefficient (Wildman–Crippen LogP) is 2.85. The van der Waals surface area contributed by atoms with Crippen LogP contribution < -0.4 is 0 Å². The largest absolute Gasteiger partial charge is 0.381 e. The molecule has 1 fully saturated rings. The van der Waals surface area contributed by atoms with Crippen molar-refractivity contribution in [2.24, 2.45) is 5.92 Å². The minimum absolute atomic E-state index is 0.513. The van der Waals surface area contributed by atoms with Crippen molar-refractivity contribution in [2.75, 3.05) is 13.2 Å². The molecule has 14 heavy (non-hydrogen) atoms. The van der Waals surface area contributed by atoms with Crippen LogP contribution in [-0.2, 0) is 17.0 Å². The number of hydrogen-bond donors (Lipinski definition) is 0. The van der Waals surface area contributed by atoms with E-state index in [0.29, 0.717) is 5.88 Å². The van der Waals surface area contributed by atoms with Gasteiger partial charge in [-0.2, -0.15) is 0 Å². The molecule has 0 N–H and O–H groups in total. The van der Waals surface area contributed by atoms with Crippen LogP contribution in [0.15, 0.2) is 5.38 Å². The summed E-state index contributed by atoms with van der Waals surface area (Å²) in [4.78, 5) is 4.37. The maximum Gasteiger partial charge on any atom is 0.0951 e. The molecule has 0 spiro atoms. The zero-order chi connectivity index (χ0) is 9.80. The van der Waals surface area contributed by atoms with Crippen molar-refractivity contribution in [2.45, 2.75) is 25.1 Å². The smallest absolute Gasteiger partial charge is 0.0951 e. The highest BCUT2D eigenvalue weighted by molar-refractivity contribution is 7.09. The summed E-state index contributed by atoms with van der Waals surface area (Å²) in [6, 6.07) is 0. The van der Waals surface area contributed by atoms with Crippen molar-refractivity contribution >= 4 is 22.9 Å². The number of nitrogens with zero attached hydrogens (tertiary/aromatic N) is 1. The highest BCUT2D eigenvalue weighted by atomic mass is 35.5. The van der Waals surface area contributed by atoms with Gasteiger partial charge < -0.3 is 4.74 Å². The number of alkyl halides is 1. The van der Waals surface area contributed by atoms with E-state index in [1.54, 1.807) is 11.3 Å². The van der Waals surface area contributed by atoms with E-state index in [4.69, 9.17) is 16.3 Å². The first kappa shape index (κ1) is 10.4. The summed E-state index contributed by atoms with van der Waals surface area (Å²) < 4.78 is 5.54. The average Bonchev–Trinajstić information content (AvgIpc) is 2.91. The summed E-state index contributed by atoms with van der Waals surface area (Å²) >= 11 is 7.34. The Labute approximate surface area is 93.3 Å². The summed E-state index contributed by atoms with van der Waals surface area (Å²) in [5.41, 5.74) is 0.980. The number of halogens is 1. The second-order valence-corrected chi connectivity index (χ2v) is 4.84. The van der Waals surface area contributed by atoms with E-state index in [2.05, 4.69) is 4.98 Å². The minimum atomic E-state index is 0.513. The lowest BCUT2D eigenvalue weighted by molar-refractivity contribution is 0.127. The summed E-state index contributed by atoms with van der Waals surface area (Å²) in [6.07, 6.45) is 3.63. The molecule has 0 aromatic carbocycles. The van der Waals surface area contributed by atoms with Crippen molar-refractivity contribution < 1.29 is 4.74 Å². The van der Waals surface area contributed by atoms with Crippen LogP contribution >= 0.6 is 22.9 Å². The second kappa shape index (κ2) is 5.10. The molecule has 0 unspecified atom stereocenters. The number of ether oxygens (including phenoxy) is 1. The molecule has 1 aromatic rings. The monoisotopic (exact) mass is 231 g/mol. The SMILES string of the molecule is ClCc1csc(CCOCC2CC2)n1. The Balaban J connectivity index is 1.63. The fourth-order valence-electron chi connectivity index (χ4n) is 1.22. The molecule has 0 radical (unpaired) electrons. The molecule has 2 rings (SSSR count). The molecule has 1 aromatic heterocycles. The molecule has 4 heteroatoms. The van der Waals surface area contributed by atoms with Gasteiger partial charge in [0.25, 0.3) is 0 Å². The first-order valence-electron chi connectivity index (χ1n) is 4.95. The number of hydrogen-bond acceptors (Lipinski definition) is 3. The molecule has 0 atom stereocenters. The highest BCUT2D eigenvalue weighted by Crippen LogP contribution is 2.28. The summed E-state index contributed by atoms with van der Waals surface area (Å²) in [7, 11) is 0. The van der Waals surface area contributed by atoms with Gasteiger partial charge in [-0.25, -0.2) is 4.98 Å². The fourth-order valence-corrected chi connectivity index (χ4v) is 2.23. The van der Waals surface area contributed by atoms with E-state index in [-0.39, 0.29) is 0 Å². The van der Waals surface area contributed by atoms with Crippen molar-refractivity contribution in [1.29, 1.82) is 0 Å². The van der Waals surface area contributed by atoms with Gasteiger partial charge in [0.15, 0.2) is 0 Å². The molecule has 78 valence electrons. The topological polar surface area (TPSA) is 22.1 Å². The average molecular weight is 232 g/mol. The standard InChI is InChI=1S/C10H14ClNOS/c11-5-9-7-14-10(12-9)3-4-13-6-8-1-2-8/h7-8H,1-6H2. The molecule has 0 bridgehead atoms. The van der Waals surface area contributed by atoms with Gasteiger partial charge in [-0.1, -0.05) is 0 Å². The van der Waals surface area contributed by atoms with Crippen LogP contribution in [0, 0.1) is 5.92 Å². The molecule has 2 nitrogen and oxygen atoms in total. The van der Waals surface area contributed by atoms with E-state index in [9.17, 15) is 0 Å². The van der Waals surface area contributed by atoms with Crippen molar-refractivity contribution in [1.82, 2.24) is 4.98 Å². The molecule has 1 heterocycles. The minimum Gasteiger partial charge on any atom is -0.381 e. The third kappa shape index (κ3) is 3.23. The lowest BCUT2D eigenvalue weighted by atomic mass is 10.4. The van der Waals surface area contributed by atoms with E-state index in [1.165, 1.54) is 12.8 Å². The summed E-state index contributed by atoms with van der Waals surface area (Å²) in [5.74, 6) is 1.36. The normalized spacial score (nSPS) is 16.1. The van der Waals surface area contributed by atoms with Crippen molar-refractivity contribution in [3.05, 3.63) is 16.1 Å². The van der Waals surface area contributed by atoms with E-state index in [1.807, 2.05) is 5.38 Å². The predicted molar refractivity (Wildman–Crippen MR) is 58.9 cm³/mol. The fraction of sp³-hybridized carbons (Fsp3) is 0.700. The van der Waals surface area contributed by atoms with Gasteiger partial charge in [0.1, 0.15) is 0 Å². The molecule has 0 amide bonds. The zero-order valence-electron chi connectivity index (χ0n) is 8.04. The van der Waals surface area contributed by atoms with Crippen LogP contribution in [-0.4, -0.2) is 18.2 Å². The molecular weight excluding hydrogens is 218 g/mol. The number of thiazole rings is 1. The quantitative estimate of drug-likeness (QED) is 0.555. The third-order valence-corrected chi connectivity index (χ3v) is 3.48. The summed E-state index contributed by atoms with van der Waals surface area (Å²) in [5, 5.41) is 3.15. The van der Waals surface area contributed by atoms with E-state index >= 15 is 0 Å².